The summed E-state index contributed by atoms with van der Waals surface area (Å²) in [5, 5.41) is 0. The summed E-state index contributed by atoms with van der Waals surface area (Å²) < 4.78 is 5.58. The molecule has 0 radical (unpaired) electrons. The summed E-state index contributed by atoms with van der Waals surface area (Å²) in [6.07, 6.45) is 4.22. The van der Waals surface area contributed by atoms with E-state index in [2.05, 4.69) is 22.1 Å². The first-order valence-electron chi connectivity index (χ1n) is 9.81. The van der Waals surface area contributed by atoms with Crippen LogP contribution in [0.3, 0.4) is 0 Å². The summed E-state index contributed by atoms with van der Waals surface area (Å²) in [5.74, 6) is 1.05. The molecule has 0 aromatic heterocycles. The molecule has 7 heteroatoms. The van der Waals surface area contributed by atoms with Gasteiger partial charge in [0.25, 0.3) is 5.91 Å². The minimum Gasteiger partial charge on any atom is -0.377 e. The predicted octanol–water partition coefficient (Wildman–Crippen LogP) is 0.410. The summed E-state index contributed by atoms with van der Waals surface area (Å²) in [7, 11) is 0. The molecule has 1 aromatic rings. The third kappa shape index (κ3) is 3.67. The molecule has 3 aliphatic heterocycles. The summed E-state index contributed by atoms with van der Waals surface area (Å²) in [6, 6.07) is 7.97. The number of hydrogen-bond acceptors (Lipinski definition) is 6. The lowest BCUT2D eigenvalue weighted by Crippen LogP contribution is -2.59. The van der Waals surface area contributed by atoms with E-state index in [-0.39, 0.29) is 18.0 Å². The minimum absolute atomic E-state index is 0.0955. The number of carbonyl (C=O) groups excluding carboxylic acids is 1. The van der Waals surface area contributed by atoms with Crippen LogP contribution >= 0.6 is 0 Å². The van der Waals surface area contributed by atoms with Gasteiger partial charge in [0.15, 0.2) is 0 Å². The minimum atomic E-state index is -0.244. The van der Waals surface area contributed by atoms with Crippen molar-refractivity contribution >= 4 is 5.91 Å². The van der Waals surface area contributed by atoms with Crippen LogP contribution in [0.15, 0.2) is 36.3 Å². The van der Waals surface area contributed by atoms with Gasteiger partial charge in [-0.05, 0) is 24.0 Å². The van der Waals surface area contributed by atoms with E-state index in [1.165, 1.54) is 0 Å². The number of carbonyl (C=O) groups is 1. The zero-order valence-electron chi connectivity index (χ0n) is 15.7. The van der Waals surface area contributed by atoms with Gasteiger partial charge in [-0.2, -0.15) is 0 Å². The number of ether oxygens (including phenoxy) is 1. The van der Waals surface area contributed by atoms with Crippen molar-refractivity contribution in [1.29, 1.82) is 0 Å². The van der Waals surface area contributed by atoms with Gasteiger partial charge in [0, 0.05) is 38.4 Å². The van der Waals surface area contributed by atoms with Crippen molar-refractivity contribution in [2.24, 2.45) is 11.5 Å². The Bertz CT molecular complexity index is 722. The second kappa shape index (κ2) is 7.88. The van der Waals surface area contributed by atoms with Crippen molar-refractivity contribution in [3.05, 3.63) is 47.4 Å². The van der Waals surface area contributed by atoms with Crippen LogP contribution in [-0.2, 0) is 22.6 Å². The lowest BCUT2D eigenvalue weighted by Gasteiger charge is -2.47. The highest BCUT2D eigenvalue weighted by molar-refractivity contribution is 5.85. The zero-order chi connectivity index (χ0) is 18.8. The fourth-order valence-corrected chi connectivity index (χ4v) is 4.21. The van der Waals surface area contributed by atoms with E-state index < -0.39 is 0 Å². The van der Waals surface area contributed by atoms with Crippen LogP contribution in [0.25, 0.3) is 0 Å². The van der Waals surface area contributed by atoms with Crippen LogP contribution in [-0.4, -0.2) is 65.5 Å². The second-order valence-corrected chi connectivity index (χ2v) is 7.56. The number of morpholine rings is 1. The van der Waals surface area contributed by atoms with E-state index in [1.54, 1.807) is 0 Å². The van der Waals surface area contributed by atoms with Crippen molar-refractivity contribution in [3.63, 3.8) is 0 Å². The van der Waals surface area contributed by atoms with Crippen LogP contribution in [0.2, 0.25) is 0 Å². The molecular weight excluding hydrogens is 342 g/mol. The lowest BCUT2D eigenvalue weighted by atomic mass is 10.0. The maximum Gasteiger partial charge on any atom is 0.253 e. The Morgan fingerprint density at radius 3 is 2.78 bits per heavy atom. The molecule has 2 unspecified atom stereocenters. The molecule has 3 heterocycles. The first-order valence-corrected chi connectivity index (χ1v) is 9.81. The number of fused-ring (bicyclic) bond motifs is 1. The van der Waals surface area contributed by atoms with Gasteiger partial charge in [-0.1, -0.05) is 24.3 Å². The first-order chi connectivity index (χ1) is 13.2. The highest BCUT2D eigenvalue weighted by atomic mass is 16.5. The first kappa shape index (κ1) is 18.3. The molecule has 2 fully saturated rings. The van der Waals surface area contributed by atoms with Gasteiger partial charge < -0.3 is 26.0 Å². The average Bonchev–Trinajstić information content (AvgIpc) is 2.70. The number of hydrogen-bond donors (Lipinski definition) is 2. The Morgan fingerprint density at radius 2 is 2.00 bits per heavy atom. The van der Waals surface area contributed by atoms with E-state index in [9.17, 15) is 4.79 Å². The predicted molar refractivity (Wildman–Crippen MR) is 103 cm³/mol. The quantitative estimate of drug-likeness (QED) is 0.797. The summed E-state index contributed by atoms with van der Waals surface area (Å²) in [6.45, 7) is 4.53. The standard InChI is InChI=1S/C20H29N5O2/c21-10-15-4-1-2-5-16(15)11-25-19(24-7-3-6-17(22)12-24)13-23-8-9-27-14-18(23)20(25)26/h1-2,4-5,13,17-18H,3,6-12,14,21-22H2. The Kier molecular flexibility index (Phi) is 5.33. The van der Waals surface area contributed by atoms with Gasteiger partial charge in [0.2, 0.25) is 0 Å². The van der Waals surface area contributed by atoms with Crippen LogP contribution in [0, 0.1) is 0 Å². The fourth-order valence-electron chi connectivity index (χ4n) is 4.21. The van der Waals surface area contributed by atoms with Crippen molar-refractivity contribution in [1.82, 2.24) is 14.7 Å². The lowest BCUT2D eigenvalue weighted by molar-refractivity contribution is -0.144. The zero-order valence-corrected chi connectivity index (χ0v) is 15.7. The number of nitrogens with two attached hydrogens (primary N) is 2. The molecule has 0 bridgehead atoms. The van der Waals surface area contributed by atoms with Crippen LogP contribution < -0.4 is 11.5 Å². The van der Waals surface area contributed by atoms with Crippen LogP contribution in [0.1, 0.15) is 24.0 Å². The van der Waals surface area contributed by atoms with E-state index >= 15 is 0 Å². The van der Waals surface area contributed by atoms with Crippen LogP contribution in [0.4, 0.5) is 0 Å². The van der Waals surface area contributed by atoms with E-state index in [0.29, 0.717) is 26.3 Å². The number of nitrogens with zero attached hydrogens (tertiary/aromatic N) is 3. The molecule has 146 valence electrons. The third-order valence-corrected chi connectivity index (χ3v) is 5.73. The molecule has 4 rings (SSSR count). The number of piperidine rings is 1. The largest absolute Gasteiger partial charge is 0.377 e. The van der Waals surface area contributed by atoms with Gasteiger partial charge in [-0.3, -0.25) is 9.69 Å². The molecule has 1 amide bonds. The van der Waals surface area contributed by atoms with E-state index in [0.717, 1.165) is 49.4 Å². The van der Waals surface area contributed by atoms with Gasteiger partial charge in [-0.25, -0.2) is 0 Å². The Morgan fingerprint density at radius 1 is 1.19 bits per heavy atom. The molecule has 4 N–H and O–H groups in total. The number of likely N-dealkylation sites (tertiary alicyclic amines) is 1. The molecule has 3 aliphatic rings. The van der Waals surface area contributed by atoms with Gasteiger partial charge in [-0.15, -0.1) is 0 Å². The van der Waals surface area contributed by atoms with E-state index in [4.69, 9.17) is 16.2 Å². The molecular formula is C20H29N5O2. The van der Waals surface area contributed by atoms with Crippen molar-refractivity contribution in [2.75, 3.05) is 32.8 Å². The highest BCUT2D eigenvalue weighted by Crippen LogP contribution is 2.28. The maximum atomic E-state index is 13.4. The molecule has 0 spiro atoms. The van der Waals surface area contributed by atoms with Crippen molar-refractivity contribution in [3.8, 4) is 0 Å². The summed E-state index contributed by atoms with van der Waals surface area (Å²) in [5.41, 5.74) is 14.3. The van der Waals surface area contributed by atoms with Gasteiger partial charge >= 0.3 is 0 Å². The fraction of sp³-hybridized carbons (Fsp3) is 0.550. The Balaban J connectivity index is 1.67. The SMILES string of the molecule is NCc1ccccc1CN1C(=O)C2COCCN2C=C1N1CCCC(N)C1. The van der Waals surface area contributed by atoms with Crippen molar-refractivity contribution < 1.29 is 9.53 Å². The van der Waals surface area contributed by atoms with Crippen LogP contribution in [0.5, 0.6) is 0 Å². The molecule has 2 atom stereocenters. The third-order valence-electron chi connectivity index (χ3n) is 5.73. The molecule has 27 heavy (non-hydrogen) atoms. The topological polar surface area (TPSA) is 88.1 Å². The van der Waals surface area contributed by atoms with Gasteiger partial charge in [0.1, 0.15) is 11.9 Å². The smallest absolute Gasteiger partial charge is 0.253 e. The van der Waals surface area contributed by atoms with E-state index in [1.807, 2.05) is 23.1 Å². The summed E-state index contributed by atoms with van der Waals surface area (Å²) in [4.78, 5) is 19.7. The normalized spacial score (nSPS) is 26.1. The molecule has 1 aromatic carbocycles. The molecule has 2 saturated heterocycles. The monoisotopic (exact) mass is 371 g/mol. The second-order valence-electron chi connectivity index (χ2n) is 7.56. The number of amides is 1. The number of rotatable bonds is 4. The number of benzene rings is 1. The highest BCUT2D eigenvalue weighted by Gasteiger charge is 2.39. The average molecular weight is 371 g/mol. The Labute approximate surface area is 160 Å². The Hall–Kier alpha value is -2.09. The molecule has 0 saturated carbocycles. The maximum absolute atomic E-state index is 13.4. The van der Waals surface area contributed by atoms with Gasteiger partial charge in [0.05, 0.1) is 19.8 Å². The summed E-state index contributed by atoms with van der Waals surface area (Å²) >= 11 is 0. The van der Waals surface area contributed by atoms with Crippen molar-refractivity contribution in [2.45, 2.75) is 38.0 Å². The molecule has 0 aliphatic carbocycles. The molecule has 7 nitrogen and oxygen atoms in total.